The number of thiophene rings is 1. The summed E-state index contributed by atoms with van der Waals surface area (Å²) in [5.41, 5.74) is 1.67. The minimum atomic E-state index is -3.35. The molecular formula is C26H23ClF2N2O3S2. The molecule has 1 aromatic heterocycles. The molecule has 0 saturated carbocycles. The summed E-state index contributed by atoms with van der Waals surface area (Å²) in [6, 6.07) is 15.1. The summed E-state index contributed by atoms with van der Waals surface area (Å²) in [5, 5.41) is 3.89. The van der Waals surface area contributed by atoms with Crippen molar-refractivity contribution in [3.05, 3.63) is 87.8 Å². The third-order valence-corrected chi connectivity index (χ3v) is 9.58. The lowest BCUT2D eigenvalue weighted by Crippen LogP contribution is -2.27. The van der Waals surface area contributed by atoms with Gasteiger partial charge in [0, 0.05) is 40.5 Å². The normalized spacial score (nSPS) is 12.1. The van der Waals surface area contributed by atoms with E-state index >= 15 is 0 Å². The summed E-state index contributed by atoms with van der Waals surface area (Å²) in [5.74, 6) is -1.78. The largest absolute Gasteiger partial charge is 0.342 e. The van der Waals surface area contributed by atoms with Crippen LogP contribution in [0, 0.1) is 11.6 Å². The molecule has 1 amide bonds. The summed E-state index contributed by atoms with van der Waals surface area (Å²) in [7, 11) is -1.74. The first kappa shape index (κ1) is 26.1. The van der Waals surface area contributed by atoms with E-state index in [1.165, 1.54) is 28.6 Å². The second-order valence-electron chi connectivity index (χ2n) is 8.95. The lowest BCUT2D eigenvalue weighted by atomic mass is 10.0. The fourth-order valence-corrected chi connectivity index (χ4v) is 5.39. The molecule has 5 nitrogen and oxygen atoms in total. The zero-order valence-corrected chi connectivity index (χ0v) is 22.3. The van der Waals surface area contributed by atoms with Gasteiger partial charge in [0.1, 0.15) is 11.6 Å². The molecular weight excluding hydrogens is 526 g/mol. The molecule has 36 heavy (non-hydrogen) atoms. The van der Waals surface area contributed by atoms with E-state index < -0.39 is 26.2 Å². The Hall–Kier alpha value is -3.01. The van der Waals surface area contributed by atoms with Gasteiger partial charge in [-0.05, 0) is 73.3 Å². The molecule has 3 aromatic carbocycles. The molecule has 0 unspecified atom stereocenters. The SMILES string of the molecule is CN(c1cc(Cl)cc(NC(=O)c2cc3cc(C(C)(C)S(C)(=O)=O)ccc3s2)c1)c1ccc(F)cc1F. The number of benzene rings is 3. The highest BCUT2D eigenvalue weighted by atomic mass is 35.5. The van der Waals surface area contributed by atoms with Gasteiger partial charge in [-0.1, -0.05) is 17.7 Å². The Morgan fingerprint density at radius 2 is 1.75 bits per heavy atom. The van der Waals surface area contributed by atoms with Gasteiger partial charge < -0.3 is 10.2 Å². The van der Waals surface area contributed by atoms with Crippen molar-refractivity contribution < 1.29 is 22.0 Å². The summed E-state index contributed by atoms with van der Waals surface area (Å²) in [6.45, 7) is 3.30. The topological polar surface area (TPSA) is 66.5 Å². The average Bonchev–Trinajstić information content (AvgIpc) is 3.21. The van der Waals surface area contributed by atoms with E-state index in [4.69, 9.17) is 11.6 Å². The third kappa shape index (κ3) is 5.09. The van der Waals surface area contributed by atoms with Gasteiger partial charge in [-0.3, -0.25) is 4.79 Å². The first-order chi connectivity index (χ1) is 16.8. The first-order valence-corrected chi connectivity index (χ1v) is 13.9. The van der Waals surface area contributed by atoms with Gasteiger partial charge in [0.15, 0.2) is 9.84 Å². The molecule has 1 heterocycles. The molecule has 10 heteroatoms. The van der Waals surface area contributed by atoms with Crippen LogP contribution < -0.4 is 10.2 Å². The van der Waals surface area contributed by atoms with Crippen LogP contribution in [-0.4, -0.2) is 27.6 Å². The standard InChI is InChI=1S/C26H23ClF2N2O3S2/c1-26(2,36(4,33)34)16-5-8-23-15(9-16)10-24(35-23)25(32)30-19-11-17(27)12-20(14-19)31(3)22-7-6-18(28)13-21(22)29/h5-14H,1-4H3,(H,30,32). The van der Waals surface area contributed by atoms with E-state index in [2.05, 4.69) is 5.32 Å². The van der Waals surface area contributed by atoms with E-state index in [9.17, 15) is 22.0 Å². The molecule has 4 aromatic rings. The minimum absolute atomic E-state index is 0.147. The number of rotatable bonds is 6. The molecule has 188 valence electrons. The van der Waals surface area contributed by atoms with Crippen molar-refractivity contribution in [2.75, 3.05) is 23.5 Å². The van der Waals surface area contributed by atoms with Gasteiger partial charge in [0.05, 0.1) is 15.3 Å². The molecule has 0 spiro atoms. The summed E-state index contributed by atoms with van der Waals surface area (Å²) in [4.78, 5) is 15.0. The molecule has 0 atom stereocenters. The van der Waals surface area contributed by atoms with Crippen molar-refractivity contribution in [3.63, 3.8) is 0 Å². The van der Waals surface area contributed by atoms with Crippen LogP contribution in [0.4, 0.5) is 25.8 Å². The number of amides is 1. The quantitative estimate of drug-likeness (QED) is 0.278. The maximum atomic E-state index is 14.3. The molecule has 0 aliphatic carbocycles. The van der Waals surface area contributed by atoms with E-state index in [-0.39, 0.29) is 11.6 Å². The summed E-state index contributed by atoms with van der Waals surface area (Å²) in [6.07, 6.45) is 1.20. The number of fused-ring (bicyclic) bond motifs is 1. The Labute approximate surface area is 217 Å². The highest BCUT2D eigenvalue weighted by molar-refractivity contribution is 7.91. The fourth-order valence-electron chi connectivity index (χ4n) is 3.67. The molecule has 0 aliphatic heterocycles. The Kier molecular flexibility index (Phi) is 6.85. The Morgan fingerprint density at radius 3 is 2.42 bits per heavy atom. The zero-order valence-electron chi connectivity index (χ0n) is 19.9. The van der Waals surface area contributed by atoms with Gasteiger partial charge in [0.2, 0.25) is 0 Å². The van der Waals surface area contributed by atoms with Crippen LogP contribution in [0.3, 0.4) is 0 Å². The van der Waals surface area contributed by atoms with E-state index in [1.807, 2.05) is 6.07 Å². The lowest BCUT2D eigenvalue weighted by molar-refractivity contribution is 0.103. The van der Waals surface area contributed by atoms with Gasteiger partial charge in [0.25, 0.3) is 5.91 Å². The number of halogens is 3. The molecule has 0 fully saturated rings. The van der Waals surface area contributed by atoms with E-state index in [1.54, 1.807) is 57.3 Å². The summed E-state index contributed by atoms with van der Waals surface area (Å²) < 4.78 is 51.8. The number of hydrogen-bond donors (Lipinski definition) is 1. The maximum absolute atomic E-state index is 14.3. The van der Waals surface area contributed by atoms with Crippen LogP contribution >= 0.6 is 22.9 Å². The molecule has 0 bridgehead atoms. The van der Waals surface area contributed by atoms with Crippen molar-refractivity contribution in [3.8, 4) is 0 Å². The number of hydrogen-bond acceptors (Lipinski definition) is 5. The van der Waals surface area contributed by atoms with Crippen molar-refractivity contribution in [2.24, 2.45) is 0 Å². The Bertz CT molecular complexity index is 1600. The van der Waals surface area contributed by atoms with Crippen LogP contribution in [0.15, 0.2) is 60.7 Å². The molecule has 4 rings (SSSR count). The highest BCUT2D eigenvalue weighted by Gasteiger charge is 2.32. The molecule has 0 saturated heterocycles. The average molecular weight is 549 g/mol. The van der Waals surface area contributed by atoms with E-state index in [0.29, 0.717) is 26.8 Å². The van der Waals surface area contributed by atoms with Crippen molar-refractivity contribution in [1.82, 2.24) is 0 Å². The summed E-state index contributed by atoms with van der Waals surface area (Å²) >= 11 is 7.54. The number of carbonyl (C=O) groups excluding carboxylic acids is 1. The number of nitrogens with one attached hydrogen (secondary N) is 1. The number of sulfone groups is 1. The van der Waals surface area contributed by atoms with Crippen molar-refractivity contribution in [2.45, 2.75) is 18.6 Å². The number of nitrogens with zero attached hydrogens (tertiary/aromatic N) is 1. The van der Waals surface area contributed by atoms with Crippen LogP contribution in [0.25, 0.3) is 10.1 Å². The molecule has 0 radical (unpaired) electrons. The molecule has 1 N–H and O–H groups in total. The predicted octanol–water partition coefficient (Wildman–Crippen LogP) is 7.13. The second-order valence-corrected chi connectivity index (χ2v) is 13.0. The first-order valence-electron chi connectivity index (χ1n) is 10.8. The Balaban J connectivity index is 1.61. The van der Waals surface area contributed by atoms with Crippen LogP contribution in [0.2, 0.25) is 5.02 Å². The highest BCUT2D eigenvalue weighted by Crippen LogP contribution is 2.35. The maximum Gasteiger partial charge on any atom is 0.265 e. The number of anilines is 3. The van der Waals surface area contributed by atoms with Gasteiger partial charge in [-0.15, -0.1) is 11.3 Å². The molecule has 0 aliphatic rings. The lowest BCUT2D eigenvalue weighted by Gasteiger charge is -2.23. The van der Waals surface area contributed by atoms with Crippen LogP contribution in [0.5, 0.6) is 0 Å². The minimum Gasteiger partial charge on any atom is -0.342 e. The zero-order chi connectivity index (χ0) is 26.4. The van der Waals surface area contributed by atoms with Crippen molar-refractivity contribution in [1.29, 1.82) is 0 Å². The van der Waals surface area contributed by atoms with Gasteiger partial charge in [-0.25, -0.2) is 17.2 Å². The smallest absolute Gasteiger partial charge is 0.265 e. The monoisotopic (exact) mass is 548 g/mol. The fraction of sp³-hybridized carbons (Fsp3) is 0.192. The van der Waals surface area contributed by atoms with Gasteiger partial charge in [-0.2, -0.15) is 0 Å². The number of carbonyl (C=O) groups is 1. The second kappa shape index (κ2) is 9.46. The van der Waals surface area contributed by atoms with Crippen molar-refractivity contribution >= 4 is 65.8 Å². The Morgan fingerprint density at radius 1 is 1.03 bits per heavy atom. The van der Waals surface area contributed by atoms with E-state index in [0.717, 1.165) is 22.2 Å². The van der Waals surface area contributed by atoms with Crippen LogP contribution in [-0.2, 0) is 14.6 Å². The van der Waals surface area contributed by atoms with Gasteiger partial charge >= 0.3 is 0 Å². The predicted molar refractivity (Wildman–Crippen MR) is 144 cm³/mol. The third-order valence-electron chi connectivity index (χ3n) is 6.16. The van der Waals surface area contributed by atoms with Crippen LogP contribution in [0.1, 0.15) is 29.1 Å².